The summed E-state index contributed by atoms with van der Waals surface area (Å²) in [7, 11) is 0. The molecule has 318 valence electrons. The molecule has 0 saturated carbocycles. The van der Waals surface area contributed by atoms with Crippen molar-refractivity contribution in [2.45, 2.75) is 110 Å². The Bertz CT molecular complexity index is 1800. The van der Waals surface area contributed by atoms with Crippen molar-refractivity contribution in [2.75, 3.05) is 6.54 Å². The van der Waals surface area contributed by atoms with Crippen LogP contribution >= 0.6 is 0 Å². The highest BCUT2D eigenvalue weighted by Gasteiger charge is 2.35. The van der Waals surface area contributed by atoms with Crippen LogP contribution in [0.15, 0.2) is 42.5 Å². The number of phenols is 1. The zero-order valence-corrected chi connectivity index (χ0v) is 34.2. The number of phenolic OH excluding ortho intramolecular Hbond substituents is 1. The van der Waals surface area contributed by atoms with Crippen LogP contribution in [-0.4, -0.2) is 100 Å². The first kappa shape index (κ1) is 48.1. The van der Waals surface area contributed by atoms with E-state index in [0.29, 0.717) is 5.56 Å². The summed E-state index contributed by atoms with van der Waals surface area (Å²) in [6, 6.07) is 3.84. The molecule has 2 rings (SSSR count). The Hall–Kier alpha value is -6.04. The van der Waals surface area contributed by atoms with Crippen molar-refractivity contribution in [2.24, 2.45) is 23.3 Å². The van der Waals surface area contributed by atoms with Gasteiger partial charge in [-0.15, -0.1) is 0 Å². The van der Waals surface area contributed by atoms with E-state index < -0.39 is 114 Å². The number of carbonyl (C=O) groups is 8. The highest BCUT2D eigenvalue weighted by molar-refractivity contribution is 5.98. The zero-order valence-electron chi connectivity index (χ0n) is 34.2. The van der Waals surface area contributed by atoms with E-state index in [-0.39, 0.29) is 12.2 Å². The predicted octanol–water partition coefficient (Wildman–Crippen LogP) is -0.485. The van der Waals surface area contributed by atoms with Crippen molar-refractivity contribution >= 4 is 47.3 Å². The summed E-state index contributed by atoms with van der Waals surface area (Å²) in [4.78, 5) is 103. The molecule has 2 aromatic carbocycles. The van der Waals surface area contributed by atoms with Gasteiger partial charge in [0.2, 0.25) is 41.4 Å². The number of amides is 7. The van der Waals surface area contributed by atoms with E-state index in [2.05, 4.69) is 31.9 Å². The fourth-order valence-corrected chi connectivity index (χ4v) is 6.31. The quantitative estimate of drug-likeness (QED) is 0.0768. The van der Waals surface area contributed by atoms with E-state index in [4.69, 9.17) is 11.5 Å². The standard InChI is InChI=1S/C40H58N8O10/c1-19(2)33(39(57)43-18-29(41)50)48-40(58)34(20(3)4)47-37(55)28(17-30(51)52)46-36(54)27(16-25-12-10-9-11-13-25)45-35(53)24(8)44-38(56)32(42)23(7)31-21(5)14-26(49)15-22(31)6/h9-15,19-20,23-24,27-28,32-34,49H,16-18,42H2,1-8H3,(H2,41,50)(H,43,57)(H,44,56)(H,45,53)(H,46,54)(H,47,55)(H,48,58)(H,51,52)/t23-,24-,27+,28+,32+,33+,34+/m1/s1. The third-order valence-corrected chi connectivity index (χ3v) is 9.49. The molecular formula is C40H58N8O10. The maximum absolute atomic E-state index is 13.8. The molecule has 18 heteroatoms. The molecule has 0 fully saturated rings. The van der Waals surface area contributed by atoms with Gasteiger partial charge in [0.05, 0.1) is 19.0 Å². The number of carboxylic acids is 1. The maximum Gasteiger partial charge on any atom is 0.305 e. The lowest BCUT2D eigenvalue weighted by atomic mass is 9.86. The van der Waals surface area contributed by atoms with Crippen LogP contribution in [0.3, 0.4) is 0 Å². The minimum atomic E-state index is -1.72. The van der Waals surface area contributed by atoms with Crippen LogP contribution in [-0.2, 0) is 44.8 Å². The van der Waals surface area contributed by atoms with E-state index in [1.54, 1.807) is 90.9 Å². The summed E-state index contributed by atoms with van der Waals surface area (Å²) >= 11 is 0. The summed E-state index contributed by atoms with van der Waals surface area (Å²) in [5.41, 5.74) is 14.3. The predicted molar refractivity (Wildman–Crippen MR) is 214 cm³/mol. The van der Waals surface area contributed by atoms with Crippen molar-refractivity contribution in [1.29, 1.82) is 0 Å². The minimum absolute atomic E-state index is 0.0726. The number of nitrogens with one attached hydrogen (secondary N) is 6. The number of carbonyl (C=O) groups excluding carboxylic acids is 7. The summed E-state index contributed by atoms with van der Waals surface area (Å²) in [6.45, 7) is 12.7. The number of hydrogen-bond acceptors (Lipinski definition) is 10. The van der Waals surface area contributed by atoms with Gasteiger partial charge in [0, 0.05) is 12.3 Å². The lowest BCUT2D eigenvalue weighted by Crippen LogP contribution is -2.61. The van der Waals surface area contributed by atoms with Crippen LogP contribution in [0.1, 0.15) is 76.1 Å². The molecule has 0 saturated heterocycles. The first-order chi connectivity index (χ1) is 27.0. The van der Waals surface area contributed by atoms with Crippen LogP contribution in [0.4, 0.5) is 0 Å². The maximum atomic E-state index is 13.8. The van der Waals surface area contributed by atoms with Gasteiger partial charge in [-0.05, 0) is 67.0 Å². The summed E-state index contributed by atoms with van der Waals surface area (Å²) < 4.78 is 0. The topological polar surface area (TPSA) is 301 Å². The number of rotatable bonds is 21. The summed E-state index contributed by atoms with van der Waals surface area (Å²) in [5, 5.41) is 34.5. The highest BCUT2D eigenvalue weighted by atomic mass is 16.4. The molecule has 0 aliphatic heterocycles. The van der Waals surface area contributed by atoms with Gasteiger partial charge in [-0.2, -0.15) is 0 Å². The molecule has 0 aliphatic carbocycles. The van der Waals surface area contributed by atoms with E-state index >= 15 is 0 Å². The van der Waals surface area contributed by atoms with Crippen molar-refractivity contribution in [3.8, 4) is 5.75 Å². The molecule has 12 N–H and O–H groups in total. The Kier molecular flexibility index (Phi) is 18.3. The second-order valence-corrected chi connectivity index (χ2v) is 15.1. The Balaban J connectivity index is 2.28. The third-order valence-electron chi connectivity index (χ3n) is 9.49. The van der Waals surface area contributed by atoms with Gasteiger partial charge in [0.15, 0.2) is 0 Å². The molecule has 0 spiro atoms. The normalized spacial score (nSPS) is 14.7. The summed E-state index contributed by atoms with van der Waals surface area (Å²) in [5.74, 6) is -8.60. The summed E-state index contributed by atoms with van der Waals surface area (Å²) in [6.07, 6.45) is -0.995. The molecule has 2 aromatic rings. The van der Waals surface area contributed by atoms with Gasteiger partial charge in [-0.3, -0.25) is 38.4 Å². The van der Waals surface area contributed by atoms with Crippen LogP contribution in [0.2, 0.25) is 0 Å². The Morgan fingerprint density at radius 2 is 1.16 bits per heavy atom. The van der Waals surface area contributed by atoms with E-state index in [1.807, 2.05) is 0 Å². The molecule has 0 aromatic heterocycles. The Labute approximate surface area is 338 Å². The first-order valence-corrected chi connectivity index (χ1v) is 18.9. The first-order valence-electron chi connectivity index (χ1n) is 18.9. The van der Waals surface area contributed by atoms with Crippen LogP contribution in [0.25, 0.3) is 0 Å². The Morgan fingerprint density at radius 3 is 1.67 bits per heavy atom. The molecule has 58 heavy (non-hydrogen) atoms. The lowest BCUT2D eigenvalue weighted by Gasteiger charge is -2.29. The average Bonchev–Trinajstić information content (AvgIpc) is 3.13. The number of nitrogens with two attached hydrogens (primary N) is 2. The Morgan fingerprint density at radius 1 is 0.655 bits per heavy atom. The molecule has 0 unspecified atom stereocenters. The number of aromatic hydroxyl groups is 1. The second-order valence-electron chi connectivity index (χ2n) is 15.1. The molecule has 0 heterocycles. The van der Waals surface area contributed by atoms with E-state index in [1.165, 1.54) is 6.92 Å². The number of primary amides is 1. The van der Waals surface area contributed by atoms with Crippen molar-refractivity contribution in [3.05, 3.63) is 64.7 Å². The lowest BCUT2D eigenvalue weighted by molar-refractivity contribution is -0.141. The molecule has 7 amide bonds. The SMILES string of the molecule is Cc1cc(O)cc(C)c1[C@@H](C)[C@H](N)C(=O)N[C@H](C)C(=O)N[C@@H](Cc1ccccc1)C(=O)N[C@@H](CC(=O)O)C(=O)N[C@H](C(=O)N[C@H](C(=O)NCC(N)=O)C(C)C)C(C)C. The molecule has 0 radical (unpaired) electrons. The van der Waals surface area contributed by atoms with Crippen molar-refractivity contribution < 1.29 is 48.6 Å². The van der Waals surface area contributed by atoms with Gasteiger partial charge in [-0.1, -0.05) is 65.0 Å². The number of carboxylic acid groups (broad SMARTS) is 1. The van der Waals surface area contributed by atoms with Gasteiger partial charge in [0.1, 0.15) is 36.0 Å². The van der Waals surface area contributed by atoms with Crippen LogP contribution < -0.4 is 43.4 Å². The average molecular weight is 811 g/mol. The molecule has 18 nitrogen and oxygen atoms in total. The van der Waals surface area contributed by atoms with Gasteiger partial charge in [-0.25, -0.2) is 0 Å². The fourth-order valence-electron chi connectivity index (χ4n) is 6.31. The van der Waals surface area contributed by atoms with E-state index in [0.717, 1.165) is 16.7 Å². The van der Waals surface area contributed by atoms with Crippen molar-refractivity contribution in [1.82, 2.24) is 31.9 Å². The number of aliphatic carboxylic acids is 1. The zero-order chi connectivity index (χ0) is 44.0. The molecule has 0 bridgehead atoms. The number of benzene rings is 2. The van der Waals surface area contributed by atoms with Crippen molar-refractivity contribution in [3.63, 3.8) is 0 Å². The fraction of sp³-hybridized carbons (Fsp3) is 0.500. The smallest absolute Gasteiger partial charge is 0.305 e. The monoisotopic (exact) mass is 810 g/mol. The highest BCUT2D eigenvalue weighted by Crippen LogP contribution is 2.29. The van der Waals surface area contributed by atoms with Gasteiger partial charge < -0.3 is 53.6 Å². The largest absolute Gasteiger partial charge is 0.508 e. The number of hydrogen-bond donors (Lipinski definition) is 10. The molecule has 7 atom stereocenters. The van der Waals surface area contributed by atoms with E-state index in [9.17, 15) is 48.6 Å². The van der Waals surface area contributed by atoms with Crippen LogP contribution in [0.5, 0.6) is 5.75 Å². The van der Waals surface area contributed by atoms with Gasteiger partial charge >= 0.3 is 5.97 Å². The minimum Gasteiger partial charge on any atom is -0.508 e. The molecule has 0 aliphatic rings. The van der Waals surface area contributed by atoms with Gasteiger partial charge in [0.25, 0.3) is 0 Å². The second kappa shape index (κ2) is 22.0. The third kappa shape index (κ3) is 14.5. The van der Waals surface area contributed by atoms with Crippen LogP contribution in [0, 0.1) is 25.7 Å². The molecular weight excluding hydrogens is 752 g/mol. The number of aryl methyl sites for hydroxylation is 2.